The van der Waals surface area contributed by atoms with Crippen LogP contribution >= 0.6 is 22.7 Å². The first-order valence-electron chi connectivity index (χ1n) is 36.0. The molecule has 5 aromatic heterocycles. The van der Waals surface area contributed by atoms with Gasteiger partial charge in [-0.1, -0.05) is 108 Å². The Bertz CT molecular complexity index is 4010. The number of benzene rings is 2. The topological polar surface area (TPSA) is 238 Å². The average molecular weight is 1370 g/mol. The number of rotatable bonds is 26. The number of carbonyl (C=O) groups excluding carboxylic acids is 4. The van der Waals surface area contributed by atoms with Crippen LogP contribution in [0.15, 0.2) is 72.4 Å². The lowest BCUT2D eigenvalue weighted by Crippen LogP contribution is -2.64. The number of aromatic nitrogens is 7. The van der Waals surface area contributed by atoms with Gasteiger partial charge in [-0.3, -0.25) is 23.9 Å². The van der Waals surface area contributed by atoms with Gasteiger partial charge in [0.05, 0.1) is 56.8 Å². The van der Waals surface area contributed by atoms with Gasteiger partial charge < -0.3 is 45.8 Å². The minimum atomic E-state index is -0.901. The number of thiazole rings is 2. The van der Waals surface area contributed by atoms with Gasteiger partial charge in [0.15, 0.2) is 16.8 Å². The number of aryl methyl sites for hydroxylation is 1. The summed E-state index contributed by atoms with van der Waals surface area (Å²) in [6.07, 6.45) is 17.5. The lowest BCUT2D eigenvalue weighted by Gasteiger charge is -2.69. The highest BCUT2D eigenvalue weighted by Gasteiger charge is 2.66. The van der Waals surface area contributed by atoms with Crippen molar-refractivity contribution < 1.29 is 29.0 Å². The molecule has 4 amide bonds. The second-order valence-electron chi connectivity index (χ2n) is 31.5. The van der Waals surface area contributed by atoms with Crippen LogP contribution in [0, 0.1) is 42.4 Å². The van der Waals surface area contributed by atoms with Crippen LogP contribution in [0.1, 0.15) is 195 Å². The van der Waals surface area contributed by atoms with E-state index in [1.54, 1.807) is 22.7 Å². The van der Waals surface area contributed by atoms with Crippen LogP contribution in [0.5, 0.6) is 0 Å². The molecule has 7 aromatic rings. The Labute approximate surface area is 585 Å². The Hall–Kier alpha value is -7.24. The van der Waals surface area contributed by atoms with E-state index in [1.165, 1.54) is 37.3 Å². The first-order chi connectivity index (χ1) is 46.9. The number of nitrogens with one attached hydrogen (secondary N) is 4. The highest BCUT2D eigenvalue weighted by Crippen LogP contribution is 2.72. The van der Waals surface area contributed by atoms with E-state index in [-0.39, 0.29) is 70.9 Å². The molecule has 4 bridgehead atoms. The van der Waals surface area contributed by atoms with Crippen molar-refractivity contribution in [3.63, 3.8) is 0 Å². The number of likely N-dealkylation sites (tertiary alicyclic amines) is 2. The second-order valence-corrected chi connectivity index (χ2v) is 33.4. The van der Waals surface area contributed by atoms with Crippen LogP contribution in [0.4, 0.5) is 22.6 Å². The second kappa shape index (κ2) is 28.4. The number of aliphatic hydroxyl groups is 1. The molecule has 14 rings (SSSR count). The molecule has 2 aromatic carbocycles. The third-order valence-corrected chi connectivity index (χ3v) is 23.9. The largest absolute Gasteiger partial charge is 0.391 e. The molecule has 20 nitrogen and oxygen atoms in total. The molecule has 522 valence electrons. The number of unbranched alkanes of at least 4 members (excludes halogenated alkanes) is 5. The smallest absolute Gasteiger partial charge is 0.270 e. The van der Waals surface area contributed by atoms with Gasteiger partial charge in [-0.25, -0.2) is 15.0 Å². The van der Waals surface area contributed by atoms with E-state index in [1.807, 2.05) is 101 Å². The number of carbonyl (C=O) groups is 4. The third kappa shape index (κ3) is 15.0. The first kappa shape index (κ1) is 69.2. The van der Waals surface area contributed by atoms with Gasteiger partial charge >= 0.3 is 0 Å². The predicted octanol–water partition coefficient (Wildman–Crippen LogP) is 13.3. The summed E-state index contributed by atoms with van der Waals surface area (Å²) in [5.41, 5.74) is 10.5. The molecule has 2 saturated heterocycles. The molecule has 3 aliphatic heterocycles. The number of β-amino-alcohol motifs (C(OH)–C–C–N with tert-alkyl or cyclic N) is 1. The third-order valence-electron chi connectivity index (χ3n) is 22.0. The Balaban J connectivity index is 0.637. The van der Waals surface area contributed by atoms with Gasteiger partial charge in [-0.05, 0) is 175 Å². The molecule has 0 spiro atoms. The number of aliphatic hydroxyl groups excluding tert-OH is 1. The maximum atomic E-state index is 14.9. The van der Waals surface area contributed by atoms with Gasteiger partial charge in [0, 0.05) is 73.5 Å². The standard InChI is InChI=1S/C76H100N14O6S2/c1-48-55-21-20-34-88(67(55)86-85-66(48)84-71-81-58-22-15-16-23-60(58)98-71)61-30-29-56(57-38-79-90(51(57)4)46-75-41-73(8)40-74(9,42-75)44-76(43-73,45-75)96-36-35-87-32-18-19-33-87)63(82-61)69(94)77-31-17-13-11-10-12-14-24-62(92)83-65(72(5,6)7)70(95)89-39-54(91)37-59(89)68(93)80-49(2)52-25-27-53(28-26-52)64-50(3)78-47-97-64/h15-16,22-23,25-30,38,47,49,54,59,65,91H,10-14,17-21,24,31-37,39-46H2,1-9H3,(H,77,94)(H,80,93)(H,83,92)(H,81,84,85)/t49-,54+,59-,65+,73?,74?,75?,76?/m0/s1. The summed E-state index contributed by atoms with van der Waals surface area (Å²) >= 11 is 3.17. The van der Waals surface area contributed by atoms with Crippen molar-refractivity contribution in [2.24, 2.45) is 21.7 Å². The van der Waals surface area contributed by atoms with Crippen LogP contribution in [-0.2, 0) is 32.1 Å². The minimum Gasteiger partial charge on any atom is -0.391 e. The molecule has 0 radical (unpaired) electrons. The highest BCUT2D eigenvalue weighted by molar-refractivity contribution is 7.22. The van der Waals surface area contributed by atoms with E-state index in [2.05, 4.69) is 74.5 Å². The van der Waals surface area contributed by atoms with Gasteiger partial charge in [-0.2, -0.15) is 5.10 Å². The van der Waals surface area contributed by atoms with Crippen molar-refractivity contribution in [1.29, 1.82) is 0 Å². The Morgan fingerprint density at radius 2 is 1.56 bits per heavy atom. The van der Waals surface area contributed by atoms with E-state index in [0.717, 1.165) is 168 Å². The van der Waals surface area contributed by atoms with Crippen molar-refractivity contribution in [2.45, 2.75) is 214 Å². The molecule has 5 N–H and O–H groups in total. The fraction of sp³-hybridized carbons (Fsp3) is 0.579. The quantitative estimate of drug-likeness (QED) is 0.0317. The van der Waals surface area contributed by atoms with E-state index < -0.39 is 23.6 Å². The summed E-state index contributed by atoms with van der Waals surface area (Å²) in [5, 5.41) is 39.2. The van der Waals surface area contributed by atoms with E-state index in [9.17, 15) is 24.3 Å². The fourth-order valence-corrected chi connectivity index (χ4v) is 20.0. The number of pyridine rings is 1. The molecule has 4 saturated carbocycles. The van der Waals surface area contributed by atoms with Crippen LogP contribution in [0.2, 0.25) is 0 Å². The summed E-state index contributed by atoms with van der Waals surface area (Å²) < 4.78 is 10.5. The summed E-state index contributed by atoms with van der Waals surface area (Å²) in [6, 6.07) is 18.0. The highest BCUT2D eigenvalue weighted by atomic mass is 32.1. The van der Waals surface area contributed by atoms with Crippen molar-refractivity contribution in [2.75, 3.05) is 56.1 Å². The molecule has 22 heteroatoms. The molecular weight excluding hydrogens is 1270 g/mol. The van der Waals surface area contributed by atoms with E-state index in [0.29, 0.717) is 36.8 Å². The number of para-hydroxylation sites is 1. The molecule has 2 unspecified atom stereocenters. The predicted molar refractivity (Wildman–Crippen MR) is 387 cm³/mol. The van der Waals surface area contributed by atoms with Crippen LogP contribution in [0.25, 0.3) is 31.8 Å². The number of anilines is 4. The summed E-state index contributed by atoms with van der Waals surface area (Å²) in [6.45, 7) is 25.0. The van der Waals surface area contributed by atoms with Gasteiger partial charge in [-0.15, -0.1) is 21.5 Å². The molecule has 6 fully saturated rings. The SMILES string of the molecule is Cc1ncsc1-c1ccc([C@H](C)NC(=O)[C@@H]2C[C@@H](O)CN2C(=O)[C@@H](NC(=O)CCCCCCCCNC(=O)c2nc(N3CCCc4c3nnc(Nc3nc5ccccc5s3)c4C)ccc2-c2cnn(CC34CC5(C)CC(C)(C3)CC(OCCN3CCCC3)(C5)C4)c2C)C(C)(C)C)cc1. The molecule has 98 heavy (non-hydrogen) atoms. The van der Waals surface area contributed by atoms with Gasteiger partial charge in [0.25, 0.3) is 5.91 Å². The van der Waals surface area contributed by atoms with Crippen molar-refractivity contribution in [3.05, 3.63) is 106 Å². The molecule has 7 aliphatic rings. The zero-order valence-corrected chi connectivity index (χ0v) is 60.5. The zero-order chi connectivity index (χ0) is 68.7. The molecular formula is C76H100N14O6S2. The number of amides is 4. The van der Waals surface area contributed by atoms with Crippen molar-refractivity contribution >= 4 is 79.1 Å². The van der Waals surface area contributed by atoms with E-state index >= 15 is 0 Å². The van der Waals surface area contributed by atoms with Crippen LogP contribution in [-0.4, -0.2) is 143 Å². The maximum Gasteiger partial charge on any atom is 0.270 e. The van der Waals surface area contributed by atoms with Crippen molar-refractivity contribution in [1.82, 2.24) is 60.7 Å². The minimum absolute atomic E-state index is 0.00555. The number of hydrogen-bond donors (Lipinski definition) is 5. The van der Waals surface area contributed by atoms with E-state index in [4.69, 9.17) is 30.0 Å². The Morgan fingerprint density at radius 1 is 0.816 bits per heavy atom. The van der Waals surface area contributed by atoms with Crippen LogP contribution < -0.4 is 26.2 Å². The number of hydrogen-bond acceptors (Lipinski definition) is 17. The fourth-order valence-electron chi connectivity index (χ4n) is 18.3. The Kier molecular flexibility index (Phi) is 20.1. The van der Waals surface area contributed by atoms with Crippen molar-refractivity contribution in [3.8, 4) is 21.6 Å². The van der Waals surface area contributed by atoms with Gasteiger partial charge in [0.1, 0.15) is 23.6 Å². The van der Waals surface area contributed by atoms with Crippen LogP contribution in [0.3, 0.4) is 0 Å². The lowest BCUT2D eigenvalue weighted by atomic mass is 9.39. The number of fused-ring (bicyclic) bond motifs is 2. The summed E-state index contributed by atoms with van der Waals surface area (Å²) in [7, 11) is 0. The lowest BCUT2D eigenvalue weighted by molar-refractivity contribution is -0.248. The summed E-state index contributed by atoms with van der Waals surface area (Å²) in [5.74, 6) is 0.851. The molecule has 4 aliphatic carbocycles. The first-order valence-corrected chi connectivity index (χ1v) is 37.7. The number of nitrogens with zero attached hydrogens (tertiary/aromatic N) is 10. The maximum absolute atomic E-state index is 14.9. The van der Waals surface area contributed by atoms with Gasteiger partial charge in [0.2, 0.25) is 17.7 Å². The molecule has 8 heterocycles. The molecule has 6 atom stereocenters. The monoisotopic (exact) mass is 1370 g/mol. The number of ether oxygens (including phenoxy) is 1. The normalized spacial score (nSPS) is 24.3. The zero-order valence-electron chi connectivity index (χ0n) is 58.9. The summed E-state index contributed by atoms with van der Waals surface area (Å²) in [4.78, 5) is 78.4. The Morgan fingerprint density at radius 3 is 2.30 bits per heavy atom. The average Bonchev–Trinajstić information content (AvgIpc) is 0.751.